The molecular formula is C16H11FN2O2. The number of halogens is 1. The van der Waals surface area contributed by atoms with E-state index in [0.717, 1.165) is 4.90 Å². The third-order valence-corrected chi connectivity index (χ3v) is 3.07. The maximum Gasteiger partial charge on any atom is 0.333 e. The van der Waals surface area contributed by atoms with Crippen molar-refractivity contribution in [3.63, 3.8) is 0 Å². The van der Waals surface area contributed by atoms with Gasteiger partial charge in [0.25, 0.3) is 5.91 Å². The second-order valence-corrected chi connectivity index (χ2v) is 4.52. The summed E-state index contributed by atoms with van der Waals surface area (Å²) in [4.78, 5) is 25.3. The fourth-order valence-corrected chi connectivity index (χ4v) is 2.07. The van der Waals surface area contributed by atoms with Gasteiger partial charge in [-0.25, -0.2) is 14.1 Å². The Morgan fingerprint density at radius 2 is 1.62 bits per heavy atom. The number of imide groups is 1. The standard InChI is InChI=1S/C16H11FN2O2/c17-12-8-6-11(7-9-12)10-14-15(20)19(16(21)18-14)13-4-2-1-3-5-13/h1-10H,(H,18,21)/b14-10+. The number of amides is 3. The molecule has 0 aliphatic carbocycles. The van der Waals surface area contributed by atoms with Crippen molar-refractivity contribution in [2.24, 2.45) is 0 Å². The van der Waals surface area contributed by atoms with Crippen molar-refractivity contribution in [2.75, 3.05) is 4.90 Å². The van der Waals surface area contributed by atoms with Crippen molar-refractivity contribution in [2.45, 2.75) is 0 Å². The van der Waals surface area contributed by atoms with Gasteiger partial charge in [0.1, 0.15) is 11.5 Å². The van der Waals surface area contributed by atoms with E-state index in [1.807, 2.05) is 0 Å². The molecule has 0 saturated carbocycles. The molecule has 1 fully saturated rings. The van der Waals surface area contributed by atoms with E-state index in [9.17, 15) is 14.0 Å². The third kappa shape index (κ3) is 2.53. The van der Waals surface area contributed by atoms with E-state index in [-0.39, 0.29) is 11.5 Å². The first-order valence-electron chi connectivity index (χ1n) is 6.33. The Balaban J connectivity index is 1.92. The Kier molecular flexibility index (Phi) is 3.23. The molecule has 1 aliphatic heterocycles. The molecule has 0 spiro atoms. The molecule has 1 heterocycles. The van der Waals surface area contributed by atoms with Gasteiger partial charge in [-0.2, -0.15) is 0 Å². The highest BCUT2D eigenvalue weighted by Crippen LogP contribution is 2.21. The van der Waals surface area contributed by atoms with Gasteiger partial charge in [0.05, 0.1) is 5.69 Å². The predicted molar refractivity (Wildman–Crippen MR) is 76.8 cm³/mol. The van der Waals surface area contributed by atoms with Crippen LogP contribution < -0.4 is 10.2 Å². The van der Waals surface area contributed by atoms with Crippen LogP contribution in [-0.4, -0.2) is 11.9 Å². The monoisotopic (exact) mass is 282 g/mol. The molecule has 0 atom stereocenters. The second kappa shape index (κ2) is 5.20. The smallest absolute Gasteiger partial charge is 0.302 e. The highest BCUT2D eigenvalue weighted by molar-refractivity contribution is 6.28. The van der Waals surface area contributed by atoms with Crippen molar-refractivity contribution in [1.82, 2.24) is 5.32 Å². The van der Waals surface area contributed by atoms with Gasteiger partial charge >= 0.3 is 6.03 Å². The fourth-order valence-electron chi connectivity index (χ4n) is 2.07. The van der Waals surface area contributed by atoms with Crippen LogP contribution in [0.5, 0.6) is 0 Å². The quantitative estimate of drug-likeness (QED) is 0.680. The zero-order valence-electron chi connectivity index (χ0n) is 10.9. The van der Waals surface area contributed by atoms with E-state index in [2.05, 4.69) is 5.32 Å². The lowest BCUT2D eigenvalue weighted by Crippen LogP contribution is -2.30. The number of anilines is 1. The Bertz CT molecular complexity index is 724. The summed E-state index contributed by atoms with van der Waals surface area (Å²) in [6.07, 6.45) is 1.52. The minimum absolute atomic E-state index is 0.162. The first-order valence-corrected chi connectivity index (χ1v) is 6.33. The summed E-state index contributed by atoms with van der Waals surface area (Å²) in [5.41, 5.74) is 1.30. The van der Waals surface area contributed by atoms with E-state index < -0.39 is 11.9 Å². The maximum absolute atomic E-state index is 12.9. The van der Waals surface area contributed by atoms with Gasteiger partial charge in [0.15, 0.2) is 0 Å². The fraction of sp³-hybridized carbons (Fsp3) is 0. The molecule has 0 aromatic heterocycles. The van der Waals surface area contributed by atoms with Gasteiger partial charge in [0.2, 0.25) is 0 Å². The lowest BCUT2D eigenvalue weighted by atomic mass is 10.2. The molecule has 0 unspecified atom stereocenters. The van der Waals surface area contributed by atoms with Gasteiger partial charge in [-0.05, 0) is 35.9 Å². The molecule has 104 valence electrons. The Hall–Kier alpha value is -2.95. The van der Waals surface area contributed by atoms with E-state index in [4.69, 9.17) is 0 Å². The minimum Gasteiger partial charge on any atom is -0.302 e. The largest absolute Gasteiger partial charge is 0.333 e. The van der Waals surface area contributed by atoms with Crippen LogP contribution in [0.4, 0.5) is 14.9 Å². The summed E-state index contributed by atoms with van der Waals surface area (Å²) < 4.78 is 12.9. The van der Waals surface area contributed by atoms with Crippen LogP contribution in [0.1, 0.15) is 5.56 Å². The number of para-hydroxylation sites is 1. The molecule has 0 radical (unpaired) electrons. The van der Waals surface area contributed by atoms with Gasteiger partial charge in [-0.3, -0.25) is 4.79 Å². The molecule has 1 aliphatic rings. The number of carbonyl (C=O) groups is 2. The minimum atomic E-state index is -0.500. The average molecular weight is 282 g/mol. The van der Waals surface area contributed by atoms with Crippen molar-refractivity contribution in [3.05, 3.63) is 71.7 Å². The number of carbonyl (C=O) groups excluding carboxylic acids is 2. The van der Waals surface area contributed by atoms with Crippen molar-refractivity contribution in [3.8, 4) is 0 Å². The van der Waals surface area contributed by atoms with Crippen LogP contribution in [0.15, 0.2) is 60.3 Å². The molecule has 1 N–H and O–H groups in total. The Morgan fingerprint density at radius 3 is 2.29 bits per heavy atom. The number of hydrogen-bond acceptors (Lipinski definition) is 2. The Labute approximate surface area is 120 Å². The van der Waals surface area contributed by atoms with Crippen LogP contribution in [0, 0.1) is 5.82 Å². The average Bonchev–Trinajstić information content (AvgIpc) is 2.77. The number of hydrogen-bond donors (Lipinski definition) is 1. The molecule has 2 aromatic rings. The summed E-state index contributed by atoms with van der Waals surface area (Å²) >= 11 is 0. The van der Waals surface area contributed by atoms with E-state index >= 15 is 0 Å². The van der Waals surface area contributed by atoms with Crippen molar-refractivity contribution >= 4 is 23.7 Å². The lowest BCUT2D eigenvalue weighted by molar-refractivity contribution is -0.113. The third-order valence-electron chi connectivity index (χ3n) is 3.07. The number of urea groups is 1. The van der Waals surface area contributed by atoms with Crippen molar-refractivity contribution in [1.29, 1.82) is 0 Å². The first-order chi connectivity index (χ1) is 10.1. The molecule has 0 bridgehead atoms. The molecule has 4 nitrogen and oxygen atoms in total. The molecule has 2 aromatic carbocycles. The summed E-state index contributed by atoms with van der Waals surface area (Å²) in [5, 5.41) is 2.52. The zero-order valence-corrected chi connectivity index (χ0v) is 10.9. The van der Waals surface area contributed by atoms with Gasteiger partial charge < -0.3 is 5.32 Å². The van der Waals surface area contributed by atoms with E-state index in [1.54, 1.807) is 30.3 Å². The van der Waals surface area contributed by atoms with E-state index in [0.29, 0.717) is 11.3 Å². The summed E-state index contributed by atoms with van der Waals surface area (Å²) in [7, 11) is 0. The zero-order chi connectivity index (χ0) is 14.8. The number of nitrogens with one attached hydrogen (secondary N) is 1. The van der Waals surface area contributed by atoms with Crippen LogP contribution in [-0.2, 0) is 4.79 Å². The second-order valence-electron chi connectivity index (χ2n) is 4.52. The molecule has 3 rings (SSSR count). The molecule has 21 heavy (non-hydrogen) atoms. The van der Waals surface area contributed by atoms with Crippen LogP contribution in [0.3, 0.4) is 0 Å². The highest BCUT2D eigenvalue weighted by Gasteiger charge is 2.34. The highest BCUT2D eigenvalue weighted by atomic mass is 19.1. The number of rotatable bonds is 2. The Morgan fingerprint density at radius 1 is 0.952 bits per heavy atom. The van der Waals surface area contributed by atoms with E-state index in [1.165, 1.54) is 30.3 Å². The molecule has 1 saturated heterocycles. The van der Waals surface area contributed by atoms with Gasteiger partial charge in [-0.15, -0.1) is 0 Å². The predicted octanol–water partition coefficient (Wildman–Crippen LogP) is 2.92. The summed E-state index contributed by atoms with van der Waals surface area (Å²) in [6.45, 7) is 0. The molecule has 3 amide bonds. The maximum atomic E-state index is 12.9. The van der Waals surface area contributed by atoms with Crippen LogP contribution in [0.25, 0.3) is 6.08 Å². The topological polar surface area (TPSA) is 49.4 Å². The number of benzene rings is 2. The summed E-state index contributed by atoms with van der Waals surface area (Å²) in [6, 6.07) is 13.8. The van der Waals surface area contributed by atoms with Crippen LogP contribution >= 0.6 is 0 Å². The molecular weight excluding hydrogens is 271 g/mol. The van der Waals surface area contributed by atoms with Gasteiger partial charge in [-0.1, -0.05) is 30.3 Å². The SMILES string of the molecule is O=C1N/C(=C/c2ccc(F)cc2)C(=O)N1c1ccccc1. The van der Waals surface area contributed by atoms with Crippen LogP contribution in [0.2, 0.25) is 0 Å². The first kappa shape index (κ1) is 13.1. The van der Waals surface area contributed by atoms with Crippen molar-refractivity contribution < 1.29 is 14.0 Å². The normalized spacial score (nSPS) is 16.4. The summed E-state index contributed by atoms with van der Waals surface area (Å²) in [5.74, 6) is -0.791. The lowest BCUT2D eigenvalue weighted by Gasteiger charge is -2.10. The molecule has 5 heteroatoms. The van der Waals surface area contributed by atoms with Gasteiger partial charge in [0, 0.05) is 0 Å². The number of nitrogens with zero attached hydrogens (tertiary/aromatic N) is 1.